The molecule has 0 aromatic heterocycles. The van der Waals surface area contributed by atoms with Crippen molar-refractivity contribution in [1.82, 2.24) is 5.01 Å². The summed E-state index contributed by atoms with van der Waals surface area (Å²) in [5, 5.41) is 5.21. The molecular weight excluding hydrogens is 252 g/mol. The number of carbonyl (C=O) groups is 2. The van der Waals surface area contributed by atoms with Gasteiger partial charge < -0.3 is 14.2 Å². The van der Waals surface area contributed by atoms with E-state index < -0.39 is 18.2 Å². The van der Waals surface area contributed by atoms with Crippen molar-refractivity contribution in [3.63, 3.8) is 0 Å². The molecule has 0 bridgehead atoms. The summed E-state index contributed by atoms with van der Waals surface area (Å²) in [6.07, 6.45) is -0.910. The topological polar surface area (TPSA) is 77.4 Å². The highest BCUT2D eigenvalue weighted by Crippen LogP contribution is 2.23. The van der Waals surface area contributed by atoms with E-state index in [2.05, 4.69) is 9.84 Å². The molecule has 0 fully saturated rings. The number of hydrazone groups is 1. The molecule has 1 aliphatic heterocycles. The first-order valence-electron chi connectivity index (χ1n) is 6.25. The maximum Gasteiger partial charge on any atom is 0.432 e. The van der Waals surface area contributed by atoms with Crippen LogP contribution in [0.3, 0.4) is 0 Å². The van der Waals surface area contributed by atoms with Gasteiger partial charge in [-0.05, 0) is 20.8 Å². The maximum absolute atomic E-state index is 11.8. The number of ether oxygens (including phenoxy) is 3. The van der Waals surface area contributed by atoms with Crippen LogP contribution in [0, 0.1) is 5.92 Å². The first kappa shape index (κ1) is 15.4. The third kappa shape index (κ3) is 3.66. The molecule has 2 atom stereocenters. The van der Waals surface area contributed by atoms with Gasteiger partial charge in [0, 0.05) is 13.0 Å². The minimum Gasteiger partial charge on any atom is -0.465 e. The van der Waals surface area contributed by atoms with Crippen molar-refractivity contribution in [2.75, 3.05) is 20.3 Å². The summed E-state index contributed by atoms with van der Waals surface area (Å²) in [5.41, 5.74) is 0.514. The molecule has 1 heterocycles. The second-order valence-corrected chi connectivity index (χ2v) is 4.01. The number of hydrogen-bond acceptors (Lipinski definition) is 6. The van der Waals surface area contributed by atoms with E-state index in [-0.39, 0.29) is 5.97 Å². The largest absolute Gasteiger partial charge is 0.465 e. The zero-order valence-electron chi connectivity index (χ0n) is 11.7. The molecule has 108 valence electrons. The lowest BCUT2D eigenvalue weighted by Gasteiger charge is -2.33. The van der Waals surface area contributed by atoms with Crippen molar-refractivity contribution in [1.29, 1.82) is 0 Å². The lowest BCUT2D eigenvalue weighted by Crippen LogP contribution is -2.46. The minimum absolute atomic E-state index is 0.308. The van der Waals surface area contributed by atoms with Crippen molar-refractivity contribution >= 4 is 17.8 Å². The molecule has 0 aromatic rings. The Morgan fingerprint density at radius 3 is 2.58 bits per heavy atom. The van der Waals surface area contributed by atoms with E-state index >= 15 is 0 Å². The number of nitrogens with zero attached hydrogens (tertiary/aromatic N) is 2. The highest BCUT2D eigenvalue weighted by Gasteiger charge is 2.37. The van der Waals surface area contributed by atoms with Gasteiger partial charge in [0.1, 0.15) is 5.92 Å². The van der Waals surface area contributed by atoms with Crippen LogP contribution in [0.5, 0.6) is 0 Å². The fourth-order valence-electron chi connectivity index (χ4n) is 1.87. The quantitative estimate of drug-likeness (QED) is 0.722. The molecule has 1 rings (SSSR count). The van der Waals surface area contributed by atoms with E-state index in [9.17, 15) is 9.59 Å². The molecule has 7 heteroatoms. The van der Waals surface area contributed by atoms with Gasteiger partial charge in [0.15, 0.2) is 6.23 Å². The van der Waals surface area contributed by atoms with Gasteiger partial charge in [0.25, 0.3) is 0 Å². The molecule has 0 spiro atoms. The van der Waals surface area contributed by atoms with E-state index in [1.165, 1.54) is 7.11 Å². The van der Waals surface area contributed by atoms with Crippen molar-refractivity contribution in [3.8, 4) is 0 Å². The molecule has 0 aliphatic carbocycles. The van der Waals surface area contributed by atoms with Crippen LogP contribution in [0.4, 0.5) is 4.79 Å². The predicted molar refractivity (Wildman–Crippen MR) is 67.5 cm³/mol. The Balaban J connectivity index is 2.92. The molecule has 1 amide bonds. The summed E-state index contributed by atoms with van der Waals surface area (Å²) in [6.45, 7) is 5.94. The summed E-state index contributed by atoms with van der Waals surface area (Å²) in [4.78, 5) is 23.4. The normalized spacial score (nSPS) is 22.7. The Hall–Kier alpha value is -1.63. The van der Waals surface area contributed by atoms with E-state index in [0.29, 0.717) is 25.3 Å². The first-order chi connectivity index (χ1) is 9.04. The van der Waals surface area contributed by atoms with Gasteiger partial charge in [-0.3, -0.25) is 4.79 Å². The van der Waals surface area contributed by atoms with Crippen LogP contribution >= 0.6 is 0 Å². The highest BCUT2D eigenvalue weighted by atomic mass is 16.6. The molecule has 0 radical (unpaired) electrons. The molecule has 7 nitrogen and oxygen atoms in total. The van der Waals surface area contributed by atoms with Crippen LogP contribution in [-0.4, -0.2) is 49.3 Å². The summed E-state index contributed by atoms with van der Waals surface area (Å²) in [5.74, 6) is -0.838. The Morgan fingerprint density at radius 2 is 2.05 bits per heavy atom. The molecular formula is C12H20N2O5. The maximum atomic E-state index is 11.8. The van der Waals surface area contributed by atoms with Crippen LogP contribution in [0.25, 0.3) is 0 Å². The van der Waals surface area contributed by atoms with E-state index in [4.69, 9.17) is 9.47 Å². The van der Waals surface area contributed by atoms with Gasteiger partial charge in [0.05, 0.1) is 19.4 Å². The fraction of sp³-hybridized carbons (Fsp3) is 0.750. The highest BCUT2D eigenvalue weighted by molar-refractivity contribution is 6.01. The Morgan fingerprint density at radius 1 is 1.37 bits per heavy atom. The Bertz CT molecular complexity index is 369. The predicted octanol–water partition coefficient (Wildman–Crippen LogP) is 1.38. The van der Waals surface area contributed by atoms with E-state index in [1.807, 2.05) is 0 Å². The molecule has 19 heavy (non-hydrogen) atoms. The standard InChI is InChI=1S/C12H20N2O5/c1-5-18-10-7-9(11(15)19-6-2)8(3)13-14(10)12(16)17-4/h9-10H,5-7H2,1-4H3/t9-,10+/m1/s1. The second-order valence-electron chi connectivity index (χ2n) is 4.01. The van der Waals surface area contributed by atoms with Crippen LogP contribution in [0.1, 0.15) is 27.2 Å². The van der Waals surface area contributed by atoms with Gasteiger partial charge in [-0.1, -0.05) is 0 Å². The smallest absolute Gasteiger partial charge is 0.432 e. The lowest BCUT2D eigenvalue weighted by molar-refractivity contribution is -0.149. The number of methoxy groups -OCH3 is 1. The molecule has 0 saturated carbocycles. The number of carbonyl (C=O) groups excluding carboxylic acids is 2. The summed E-state index contributed by atoms with van der Waals surface area (Å²) >= 11 is 0. The van der Waals surface area contributed by atoms with Crippen molar-refractivity contribution < 1.29 is 23.8 Å². The zero-order chi connectivity index (χ0) is 14.4. The van der Waals surface area contributed by atoms with Gasteiger partial charge in [0.2, 0.25) is 0 Å². The van der Waals surface area contributed by atoms with Crippen LogP contribution in [0.15, 0.2) is 5.10 Å². The van der Waals surface area contributed by atoms with Crippen LogP contribution in [0.2, 0.25) is 0 Å². The number of esters is 1. The van der Waals surface area contributed by atoms with Crippen LogP contribution < -0.4 is 0 Å². The average molecular weight is 272 g/mol. The van der Waals surface area contributed by atoms with Crippen molar-refractivity contribution in [2.24, 2.45) is 11.0 Å². The van der Waals surface area contributed by atoms with Gasteiger partial charge in [-0.25, -0.2) is 4.79 Å². The second kappa shape index (κ2) is 7.08. The molecule has 0 unspecified atom stereocenters. The summed E-state index contributed by atoms with van der Waals surface area (Å²) in [6, 6.07) is 0. The third-order valence-corrected chi connectivity index (χ3v) is 2.77. The monoisotopic (exact) mass is 272 g/mol. The fourth-order valence-corrected chi connectivity index (χ4v) is 1.87. The zero-order valence-corrected chi connectivity index (χ0v) is 11.7. The van der Waals surface area contributed by atoms with Crippen LogP contribution in [-0.2, 0) is 19.0 Å². The Kier molecular flexibility index (Phi) is 5.75. The van der Waals surface area contributed by atoms with E-state index in [1.54, 1.807) is 20.8 Å². The van der Waals surface area contributed by atoms with Gasteiger partial charge in [-0.2, -0.15) is 10.1 Å². The number of hydrogen-bond donors (Lipinski definition) is 0. The van der Waals surface area contributed by atoms with Gasteiger partial charge >= 0.3 is 12.1 Å². The molecule has 0 N–H and O–H groups in total. The number of rotatable bonds is 4. The lowest BCUT2D eigenvalue weighted by atomic mass is 9.98. The Labute approximate surface area is 112 Å². The summed E-state index contributed by atoms with van der Waals surface area (Å²) in [7, 11) is 1.27. The third-order valence-electron chi connectivity index (χ3n) is 2.77. The minimum atomic E-state index is -0.615. The molecule has 0 aromatic carbocycles. The SMILES string of the molecule is CCOC(=O)[C@@H]1C[C@H](OCC)N(C(=O)OC)N=C1C. The van der Waals surface area contributed by atoms with E-state index in [0.717, 1.165) is 5.01 Å². The molecule has 0 saturated heterocycles. The van der Waals surface area contributed by atoms with Crippen molar-refractivity contribution in [3.05, 3.63) is 0 Å². The average Bonchev–Trinajstić information content (AvgIpc) is 2.39. The first-order valence-corrected chi connectivity index (χ1v) is 6.25. The molecule has 1 aliphatic rings. The summed E-state index contributed by atoms with van der Waals surface area (Å²) < 4.78 is 15.1. The van der Waals surface area contributed by atoms with Crippen molar-refractivity contribution in [2.45, 2.75) is 33.4 Å². The number of amides is 1. The van der Waals surface area contributed by atoms with Gasteiger partial charge in [-0.15, -0.1) is 0 Å².